The SMILES string of the molecule is CN=C(NCCCOCCOC)NCc1ccc(S(=O)(=O)N(C)C)cc1. The van der Waals surface area contributed by atoms with Gasteiger partial charge in [-0.3, -0.25) is 4.99 Å². The zero-order chi connectivity index (χ0) is 19.4. The van der Waals surface area contributed by atoms with E-state index in [9.17, 15) is 8.42 Å². The van der Waals surface area contributed by atoms with Crippen LogP contribution < -0.4 is 10.6 Å². The van der Waals surface area contributed by atoms with Gasteiger partial charge in [-0.15, -0.1) is 0 Å². The zero-order valence-corrected chi connectivity index (χ0v) is 16.8. The molecule has 26 heavy (non-hydrogen) atoms. The molecule has 1 aromatic carbocycles. The topological polar surface area (TPSA) is 92.3 Å². The summed E-state index contributed by atoms with van der Waals surface area (Å²) in [5.41, 5.74) is 0.966. The number of aliphatic imine (C=N–C) groups is 1. The van der Waals surface area contributed by atoms with Crippen LogP contribution in [0.4, 0.5) is 0 Å². The molecule has 0 amide bonds. The van der Waals surface area contributed by atoms with Crippen molar-refractivity contribution in [3.63, 3.8) is 0 Å². The molecule has 8 nitrogen and oxygen atoms in total. The molecule has 0 aromatic heterocycles. The number of sulfonamides is 1. The lowest BCUT2D eigenvalue weighted by Crippen LogP contribution is -2.37. The third-order valence-electron chi connectivity index (χ3n) is 3.58. The van der Waals surface area contributed by atoms with E-state index in [1.165, 1.54) is 18.4 Å². The Morgan fingerprint density at radius 2 is 1.81 bits per heavy atom. The first-order valence-electron chi connectivity index (χ1n) is 8.44. The second-order valence-electron chi connectivity index (χ2n) is 5.74. The van der Waals surface area contributed by atoms with E-state index >= 15 is 0 Å². The monoisotopic (exact) mass is 386 g/mol. The molecule has 9 heteroatoms. The van der Waals surface area contributed by atoms with E-state index in [-0.39, 0.29) is 4.90 Å². The van der Waals surface area contributed by atoms with Crippen LogP contribution in [0.15, 0.2) is 34.2 Å². The molecule has 0 saturated carbocycles. The van der Waals surface area contributed by atoms with Gasteiger partial charge in [0.15, 0.2) is 5.96 Å². The molecule has 0 spiro atoms. The Morgan fingerprint density at radius 3 is 2.38 bits per heavy atom. The Balaban J connectivity index is 2.37. The van der Waals surface area contributed by atoms with Gasteiger partial charge in [0.05, 0.1) is 18.1 Å². The van der Waals surface area contributed by atoms with Gasteiger partial charge in [-0.05, 0) is 24.1 Å². The number of benzene rings is 1. The quantitative estimate of drug-likeness (QED) is 0.330. The zero-order valence-electron chi connectivity index (χ0n) is 16.0. The Bertz CT molecular complexity index is 645. The summed E-state index contributed by atoms with van der Waals surface area (Å²) in [4.78, 5) is 4.44. The molecule has 0 heterocycles. The fraction of sp³-hybridized carbons (Fsp3) is 0.588. The van der Waals surface area contributed by atoms with Gasteiger partial charge in [0.2, 0.25) is 10.0 Å². The van der Waals surface area contributed by atoms with E-state index in [1.54, 1.807) is 38.4 Å². The van der Waals surface area contributed by atoms with E-state index in [0.717, 1.165) is 18.5 Å². The average Bonchev–Trinajstić information content (AvgIpc) is 2.63. The fourth-order valence-electron chi connectivity index (χ4n) is 2.02. The molecule has 0 aliphatic rings. The standard InChI is InChI=1S/C17H30N4O4S/c1-18-17(19-10-5-11-25-13-12-24-4)20-14-15-6-8-16(9-7-15)26(22,23)21(2)3/h6-9H,5,10-14H2,1-4H3,(H2,18,19,20). The third-order valence-corrected chi connectivity index (χ3v) is 5.40. The molecule has 0 fully saturated rings. The summed E-state index contributed by atoms with van der Waals surface area (Å²) in [6.07, 6.45) is 0.863. The van der Waals surface area contributed by atoms with Gasteiger partial charge in [-0.1, -0.05) is 12.1 Å². The van der Waals surface area contributed by atoms with Crippen LogP contribution in [0.1, 0.15) is 12.0 Å². The normalized spacial score (nSPS) is 12.4. The molecule has 1 aromatic rings. The average molecular weight is 387 g/mol. The van der Waals surface area contributed by atoms with Crippen molar-refractivity contribution < 1.29 is 17.9 Å². The van der Waals surface area contributed by atoms with Crippen LogP contribution >= 0.6 is 0 Å². The highest BCUT2D eigenvalue weighted by Crippen LogP contribution is 2.13. The lowest BCUT2D eigenvalue weighted by atomic mass is 10.2. The smallest absolute Gasteiger partial charge is 0.242 e. The van der Waals surface area contributed by atoms with E-state index in [2.05, 4.69) is 15.6 Å². The van der Waals surface area contributed by atoms with Crippen molar-refractivity contribution in [2.45, 2.75) is 17.9 Å². The van der Waals surface area contributed by atoms with Gasteiger partial charge in [0.1, 0.15) is 0 Å². The second-order valence-corrected chi connectivity index (χ2v) is 7.89. The number of methoxy groups -OCH3 is 1. The lowest BCUT2D eigenvalue weighted by molar-refractivity contribution is 0.0698. The Kier molecular flexibility index (Phi) is 10.2. The van der Waals surface area contributed by atoms with Crippen molar-refractivity contribution in [3.8, 4) is 0 Å². The molecule has 0 atom stereocenters. The van der Waals surface area contributed by atoms with Crippen LogP contribution in [-0.2, 0) is 26.0 Å². The number of rotatable bonds is 11. The first-order valence-corrected chi connectivity index (χ1v) is 9.88. The highest BCUT2D eigenvalue weighted by atomic mass is 32.2. The number of nitrogens with one attached hydrogen (secondary N) is 2. The predicted molar refractivity (Wildman–Crippen MR) is 103 cm³/mol. The second kappa shape index (κ2) is 11.8. The predicted octanol–water partition coefficient (Wildman–Crippen LogP) is 0.655. The Morgan fingerprint density at radius 1 is 1.12 bits per heavy atom. The number of ether oxygens (including phenoxy) is 2. The summed E-state index contributed by atoms with van der Waals surface area (Å²) in [7, 11) is 2.99. The first-order chi connectivity index (χ1) is 12.4. The van der Waals surface area contributed by atoms with Crippen molar-refractivity contribution in [2.24, 2.45) is 4.99 Å². The molecule has 1 rings (SSSR count). The highest BCUT2D eigenvalue weighted by molar-refractivity contribution is 7.89. The number of nitrogens with zero attached hydrogens (tertiary/aromatic N) is 2. The minimum atomic E-state index is -3.40. The summed E-state index contributed by atoms with van der Waals surface area (Å²) < 4.78 is 35.6. The Labute approximate surface area is 156 Å². The summed E-state index contributed by atoms with van der Waals surface area (Å²) in [5.74, 6) is 0.687. The van der Waals surface area contributed by atoms with Crippen molar-refractivity contribution in [2.75, 3.05) is 54.6 Å². The van der Waals surface area contributed by atoms with Gasteiger partial charge in [-0.2, -0.15) is 0 Å². The lowest BCUT2D eigenvalue weighted by Gasteiger charge is -2.13. The van der Waals surface area contributed by atoms with Crippen molar-refractivity contribution in [3.05, 3.63) is 29.8 Å². The number of hydrogen-bond acceptors (Lipinski definition) is 5. The summed E-state index contributed by atoms with van der Waals surface area (Å²) in [6.45, 7) is 3.16. The summed E-state index contributed by atoms with van der Waals surface area (Å²) in [6, 6.07) is 6.81. The minimum absolute atomic E-state index is 0.280. The van der Waals surface area contributed by atoms with Crippen molar-refractivity contribution in [1.29, 1.82) is 0 Å². The maximum absolute atomic E-state index is 12.0. The third kappa shape index (κ3) is 7.69. The molecule has 2 N–H and O–H groups in total. The van der Waals surface area contributed by atoms with Crippen molar-refractivity contribution in [1.82, 2.24) is 14.9 Å². The van der Waals surface area contributed by atoms with Gasteiger partial charge >= 0.3 is 0 Å². The Hall–Kier alpha value is -1.68. The first kappa shape index (κ1) is 22.4. The fourth-order valence-corrected chi connectivity index (χ4v) is 2.92. The maximum Gasteiger partial charge on any atom is 0.242 e. The molecule has 0 aliphatic heterocycles. The number of hydrogen-bond donors (Lipinski definition) is 2. The van der Waals surface area contributed by atoms with Crippen LogP contribution in [0.25, 0.3) is 0 Å². The van der Waals surface area contributed by atoms with Gasteiger partial charge < -0.3 is 20.1 Å². The van der Waals surface area contributed by atoms with Crippen molar-refractivity contribution >= 4 is 16.0 Å². The summed E-state index contributed by atoms with van der Waals surface area (Å²) >= 11 is 0. The van der Waals surface area contributed by atoms with Gasteiger partial charge in [0.25, 0.3) is 0 Å². The number of guanidine groups is 1. The van der Waals surface area contributed by atoms with E-state index in [4.69, 9.17) is 9.47 Å². The summed E-state index contributed by atoms with van der Waals surface area (Å²) in [5, 5.41) is 6.40. The van der Waals surface area contributed by atoms with Crippen LogP contribution in [0, 0.1) is 0 Å². The molecular formula is C17H30N4O4S. The van der Waals surface area contributed by atoms with Crippen LogP contribution in [0.5, 0.6) is 0 Å². The molecule has 0 saturated heterocycles. The molecule has 0 unspecified atom stereocenters. The molecule has 0 radical (unpaired) electrons. The molecule has 148 valence electrons. The molecular weight excluding hydrogens is 356 g/mol. The van der Waals surface area contributed by atoms with Crippen LogP contribution in [0.3, 0.4) is 0 Å². The largest absolute Gasteiger partial charge is 0.382 e. The van der Waals surface area contributed by atoms with E-state index in [1.807, 2.05) is 0 Å². The van der Waals surface area contributed by atoms with Gasteiger partial charge in [0, 0.05) is 47.9 Å². The van der Waals surface area contributed by atoms with Crippen LogP contribution in [0.2, 0.25) is 0 Å². The van der Waals surface area contributed by atoms with Gasteiger partial charge in [-0.25, -0.2) is 12.7 Å². The van der Waals surface area contributed by atoms with Crippen LogP contribution in [-0.4, -0.2) is 73.3 Å². The van der Waals surface area contributed by atoms with E-state index < -0.39 is 10.0 Å². The molecule has 0 bridgehead atoms. The molecule has 0 aliphatic carbocycles. The van der Waals surface area contributed by atoms with E-state index in [0.29, 0.717) is 32.3 Å². The highest BCUT2D eigenvalue weighted by Gasteiger charge is 2.16. The maximum atomic E-state index is 12.0. The minimum Gasteiger partial charge on any atom is -0.382 e.